The third-order valence-corrected chi connectivity index (χ3v) is 4.38. The van der Waals surface area contributed by atoms with Gasteiger partial charge in [-0.2, -0.15) is 5.26 Å². The molecule has 1 aliphatic carbocycles. The largest absolute Gasteiger partial charge is 0.494 e. The number of nitrogens with one attached hydrogen (secondary N) is 1. The zero-order valence-corrected chi connectivity index (χ0v) is 13.9. The topological polar surface area (TPSA) is 45.0 Å². The number of nitriles is 1. The summed E-state index contributed by atoms with van der Waals surface area (Å²) in [6, 6.07) is 21.5. The number of unbranched alkanes of at least 4 members (excludes halogenated alkanes) is 1. The molecule has 1 fully saturated rings. The SMILES string of the molecule is N#CCCCOc1cccc(CNC(c2ccccc2)C2CC2)c1. The van der Waals surface area contributed by atoms with Gasteiger partial charge in [-0.1, -0.05) is 42.5 Å². The van der Waals surface area contributed by atoms with Crippen LogP contribution in [-0.2, 0) is 6.54 Å². The van der Waals surface area contributed by atoms with Crippen LogP contribution in [-0.4, -0.2) is 6.61 Å². The first-order valence-corrected chi connectivity index (χ1v) is 8.74. The van der Waals surface area contributed by atoms with E-state index in [9.17, 15) is 0 Å². The molecule has 2 aromatic rings. The van der Waals surface area contributed by atoms with Gasteiger partial charge in [0, 0.05) is 19.0 Å². The first-order valence-electron chi connectivity index (χ1n) is 8.74. The molecule has 2 aromatic carbocycles. The fourth-order valence-corrected chi connectivity index (χ4v) is 2.96. The van der Waals surface area contributed by atoms with E-state index in [1.807, 2.05) is 12.1 Å². The van der Waals surface area contributed by atoms with Gasteiger partial charge in [-0.25, -0.2) is 0 Å². The molecule has 0 aliphatic heterocycles. The van der Waals surface area contributed by atoms with Crippen LogP contribution in [0.3, 0.4) is 0 Å². The number of hydrogen-bond donors (Lipinski definition) is 1. The van der Waals surface area contributed by atoms with Gasteiger partial charge >= 0.3 is 0 Å². The molecule has 1 unspecified atom stereocenters. The van der Waals surface area contributed by atoms with Crippen LogP contribution in [0.2, 0.25) is 0 Å². The maximum atomic E-state index is 8.56. The average molecular weight is 320 g/mol. The molecular formula is C21H24N2O. The summed E-state index contributed by atoms with van der Waals surface area (Å²) in [5.74, 6) is 1.65. The molecule has 124 valence electrons. The molecule has 0 spiro atoms. The van der Waals surface area contributed by atoms with E-state index < -0.39 is 0 Å². The van der Waals surface area contributed by atoms with Crippen LogP contribution in [0.5, 0.6) is 5.75 Å². The van der Waals surface area contributed by atoms with E-state index in [2.05, 4.69) is 53.9 Å². The number of nitrogens with zero attached hydrogens (tertiary/aromatic N) is 1. The van der Waals surface area contributed by atoms with Crippen molar-refractivity contribution >= 4 is 0 Å². The Hall–Kier alpha value is -2.31. The molecule has 0 aromatic heterocycles. The lowest BCUT2D eigenvalue weighted by atomic mass is 10.0. The van der Waals surface area contributed by atoms with Gasteiger partial charge in [-0.15, -0.1) is 0 Å². The van der Waals surface area contributed by atoms with E-state index in [0.29, 0.717) is 19.1 Å². The maximum absolute atomic E-state index is 8.56. The van der Waals surface area contributed by atoms with E-state index >= 15 is 0 Å². The zero-order chi connectivity index (χ0) is 16.6. The molecular weight excluding hydrogens is 296 g/mol. The van der Waals surface area contributed by atoms with E-state index in [0.717, 1.165) is 24.6 Å². The molecule has 0 radical (unpaired) electrons. The highest BCUT2D eigenvalue weighted by Crippen LogP contribution is 2.41. The molecule has 1 N–H and O–H groups in total. The standard InChI is InChI=1S/C21H24N2O/c22-13-4-5-14-24-20-10-6-7-17(15-20)16-23-21(19-11-12-19)18-8-2-1-3-9-18/h1-3,6-10,15,19,21,23H,4-5,11-12,14,16H2. The summed E-state index contributed by atoms with van der Waals surface area (Å²) < 4.78 is 5.72. The van der Waals surface area contributed by atoms with Gasteiger partial charge in [-0.3, -0.25) is 0 Å². The Kier molecular flexibility index (Phi) is 5.87. The Morgan fingerprint density at radius 3 is 2.71 bits per heavy atom. The average Bonchev–Trinajstić information content (AvgIpc) is 3.45. The van der Waals surface area contributed by atoms with Gasteiger partial charge in [0.1, 0.15) is 5.75 Å². The summed E-state index contributed by atoms with van der Waals surface area (Å²) in [4.78, 5) is 0. The Morgan fingerprint density at radius 1 is 1.12 bits per heavy atom. The molecule has 0 saturated heterocycles. The minimum atomic E-state index is 0.436. The smallest absolute Gasteiger partial charge is 0.119 e. The highest BCUT2D eigenvalue weighted by atomic mass is 16.5. The van der Waals surface area contributed by atoms with Crippen molar-refractivity contribution in [2.75, 3.05) is 6.61 Å². The van der Waals surface area contributed by atoms with E-state index in [1.54, 1.807) is 0 Å². The third-order valence-electron chi connectivity index (χ3n) is 4.38. The summed E-state index contributed by atoms with van der Waals surface area (Å²) in [5, 5.41) is 12.3. The van der Waals surface area contributed by atoms with Crippen molar-refractivity contribution in [1.29, 1.82) is 5.26 Å². The van der Waals surface area contributed by atoms with Crippen LogP contribution in [0.1, 0.15) is 42.9 Å². The molecule has 1 saturated carbocycles. The number of rotatable bonds is 9. The van der Waals surface area contributed by atoms with Crippen molar-refractivity contribution in [2.24, 2.45) is 5.92 Å². The minimum absolute atomic E-state index is 0.436. The second-order valence-corrected chi connectivity index (χ2v) is 6.36. The molecule has 3 rings (SSSR count). The molecule has 24 heavy (non-hydrogen) atoms. The highest BCUT2D eigenvalue weighted by molar-refractivity contribution is 5.29. The number of hydrogen-bond acceptors (Lipinski definition) is 3. The Balaban J connectivity index is 1.56. The van der Waals surface area contributed by atoms with Gasteiger partial charge in [0.25, 0.3) is 0 Å². The van der Waals surface area contributed by atoms with Gasteiger partial charge < -0.3 is 10.1 Å². The summed E-state index contributed by atoms with van der Waals surface area (Å²) in [7, 11) is 0. The van der Waals surface area contributed by atoms with E-state index in [-0.39, 0.29) is 0 Å². The van der Waals surface area contributed by atoms with Crippen LogP contribution in [0, 0.1) is 17.2 Å². The summed E-state index contributed by atoms with van der Waals surface area (Å²) in [5.41, 5.74) is 2.61. The normalized spacial score (nSPS) is 14.8. The highest BCUT2D eigenvalue weighted by Gasteiger charge is 2.31. The Labute approximate surface area is 144 Å². The molecule has 0 amide bonds. The van der Waals surface area contributed by atoms with E-state index in [4.69, 9.17) is 10.00 Å². The van der Waals surface area contributed by atoms with Crippen molar-refractivity contribution in [3.8, 4) is 11.8 Å². The summed E-state index contributed by atoms with van der Waals surface area (Å²) in [6.45, 7) is 1.44. The molecule has 1 atom stereocenters. The first kappa shape index (κ1) is 16.5. The van der Waals surface area contributed by atoms with Crippen LogP contribution >= 0.6 is 0 Å². The van der Waals surface area contributed by atoms with Crippen LogP contribution < -0.4 is 10.1 Å². The second kappa shape index (κ2) is 8.52. The number of benzene rings is 2. The Morgan fingerprint density at radius 2 is 1.96 bits per heavy atom. The van der Waals surface area contributed by atoms with Gasteiger partial charge in [0.15, 0.2) is 0 Å². The fourth-order valence-electron chi connectivity index (χ4n) is 2.96. The lowest BCUT2D eigenvalue weighted by Crippen LogP contribution is -2.22. The molecule has 3 nitrogen and oxygen atoms in total. The number of ether oxygens (including phenoxy) is 1. The third kappa shape index (κ3) is 4.84. The van der Waals surface area contributed by atoms with Crippen molar-refractivity contribution in [3.05, 3.63) is 65.7 Å². The van der Waals surface area contributed by atoms with Crippen LogP contribution in [0.25, 0.3) is 0 Å². The van der Waals surface area contributed by atoms with E-state index in [1.165, 1.54) is 24.0 Å². The summed E-state index contributed by atoms with van der Waals surface area (Å²) in [6.07, 6.45) is 3.95. The zero-order valence-electron chi connectivity index (χ0n) is 13.9. The molecule has 3 heteroatoms. The first-order chi connectivity index (χ1) is 11.9. The van der Waals surface area contributed by atoms with Crippen molar-refractivity contribution < 1.29 is 4.74 Å². The molecule has 0 heterocycles. The minimum Gasteiger partial charge on any atom is -0.494 e. The van der Waals surface area contributed by atoms with Crippen molar-refractivity contribution in [2.45, 2.75) is 38.3 Å². The lowest BCUT2D eigenvalue weighted by molar-refractivity contribution is 0.312. The van der Waals surface area contributed by atoms with Crippen molar-refractivity contribution in [3.63, 3.8) is 0 Å². The van der Waals surface area contributed by atoms with Gasteiger partial charge in [0.2, 0.25) is 0 Å². The quantitative estimate of drug-likeness (QED) is 0.686. The predicted molar refractivity (Wildman–Crippen MR) is 95.5 cm³/mol. The maximum Gasteiger partial charge on any atom is 0.119 e. The van der Waals surface area contributed by atoms with Crippen LogP contribution in [0.4, 0.5) is 0 Å². The predicted octanol–water partition coefficient (Wildman–Crippen LogP) is 4.61. The van der Waals surface area contributed by atoms with Gasteiger partial charge in [0.05, 0.1) is 12.7 Å². The van der Waals surface area contributed by atoms with Gasteiger partial charge in [-0.05, 0) is 48.4 Å². The van der Waals surface area contributed by atoms with Crippen molar-refractivity contribution in [1.82, 2.24) is 5.32 Å². The lowest BCUT2D eigenvalue weighted by Gasteiger charge is -2.19. The second-order valence-electron chi connectivity index (χ2n) is 6.36. The molecule has 1 aliphatic rings. The Bertz CT molecular complexity index is 674. The monoisotopic (exact) mass is 320 g/mol. The fraction of sp³-hybridized carbons (Fsp3) is 0.381. The summed E-state index contributed by atoms with van der Waals surface area (Å²) >= 11 is 0. The van der Waals surface area contributed by atoms with Crippen LogP contribution in [0.15, 0.2) is 54.6 Å². The molecule has 0 bridgehead atoms.